The summed E-state index contributed by atoms with van der Waals surface area (Å²) in [5.41, 5.74) is 6.94. The summed E-state index contributed by atoms with van der Waals surface area (Å²) in [6, 6.07) is 4.77. The molecule has 6 nitrogen and oxygen atoms in total. The predicted molar refractivity (Wildman–Crippen MR) is 80.8 cm³/mol. The molecule has 2 atom stereocenters. The van der Waals surface area contributed by atoms with Crippen molar-refractivity contribution in [3.05, 3.63) is 23.6 Å². The van der Waals surface area contributed by atoms with E-state index in [2.05, 4.69) is 9.97 Å². The number of nitrogens with two attached hydrogens (primary N) is 1. The number of nitrogen functional groups attached to an aromatic ring is 1. The molecule has 1 aliphatic rings. The van der Waals surface area contributed by atoms with Gasteiger partial charge in [0.1, 0.15) is 11.9 Å². The van der Waals surface area contributed by atoms with Crippen LogP contribution >= 0.6 is 0 Å². The van der Waals surface area contributed by atoms with E-state index in [0.717, 1.165) is 0 Å². The maximum absolute atomic E-state index is 14.4. The highest BCUT2D eigenvalue weighted by molar-refractivity contribution is 5.81. The van der Waals surface area contributed by atoms with Crippen LogP contribution in [0.2, 0.25) is 0 Å². The van der Waals surface area contributed by atoms with Gasteiger partial charge in [0.15, 0.2) is 11.5 Å². The second-order valence-electron chi connectivity index (χ2n) is 5.52. The van der Waals surface area contributed by atoms with E-state index in [1.165, 1.54) is 6.07 Å². The average molecular weight is 301 g/mol. The number of ether oxygens (including phenoxy) is 1. The predicted octanol–water partition coefficient (Wildman–Crippen LogP) is 1.84. The highest BCUT2D eigenvalue weighted by Crippen LogP contribution is 2.27. The molecule has 2 unspecified atom stereocenters. The maximum Gasteiger partial charge on any atom is 0.183 e. The van der Waals surface area contributed by atoms with Crippen LogP contribution in [-0.4, -0.2) is 35.3 Å². The number of nitriles is 1. The summed E-state index contributed by atoms with van der Waals surface area (Å²) in [4.78, 5) is 10.1. The van der Waals surface area contributed by atoms with E-state index in [1.807, 2.05) is 24.8 Å². The van der Waals surface area contributed by atoms with E-state index >= 15 is 0 Å². The van der Waals surface area contributed by atoms with Gasteiger partial charge in [0, 0.05) is 19.2 Å². The fraction of sp³-hybridized carbons (Fsp3) is 0.400. The van der Waals surface area contributed by atoms with Gasteiger partial charge < -0.3 is 15.4 Å². The lowest BCUT2D eigenvalue weighted by molar-refractivity contribution is -0.00538. The second-order valence-corrected chi connectivity index (χ2v) is 5.52. The minimum Gasteiger partial charge on any atom is -0.381 e. The van der Waals surface area contributed by atoms with Crippen LogP contribution in [0, 0.1) is 17.1 Å². The molecule has 1 saturated heterocycles. The zero-order valence-corrected chi connectivity index (χ0v) is 12.4. The number of halogens is 1. The number of rotatable bonds is 1. The summed E-state index contributed by atoms with van der Waals surface area (Å²) < 4.78 is 20.1. The van der Waals surface area contributed by atoms with Crippen LogP contribution in [0.4, 0.5) is 15.9 Å². The minimum absolute atomic E-state index is 0.00765. The van der Waals surface area contributed by atoms with Crippen molar-refractivity contribution in [1.82, 2.24) is 9.97 Å². The SMILES string of the molecule is CC1CN(c2cc3nc(N)c(C#N)nc3cc2F)CC(C)O1. The number of anilines is 2. The van der Waals surface area contributed by atoms with E-state index in [0.29, 0.717) is 29.8 Å². The first-order valence-electron chi connectivity index (χ1n) is 7.05. The first-order chi connectivity index (χ1) is 10.5. The first kappa shape index (κ1) is 14.5. The van der Waals surface area contributed by atoms with Crippen molar-refractivity contribution in [2.75, 3.05) is 23.7 Å². The van der Waals surface area contributed by atoms with Gasteiger partial charge in [-0.3, -0.25) is 0 Å². The molecule has 114 valence electrons. The smallest absolute Gasteiger partial charge is 0.183 e. The fourth-order valence-corrected chi connectivity index (χ4v) is 2.78. The molecule has 2 aromatic rings. The summed E-state index contributed by atoms with van der Waals surface area (Å²) in [6.45, 7) is 5.12. The maximum atomic E-state index is 14.4. The van der Waals surface area contributed by atoms with Gasteiger partial charge in [0.2, 0.25) is 0 Å². The van der Waals surface area contributed by atoms with Crippen molar-refractivity contribution < 1.29 is 9.13 Å². The van der Waals surface area contributed by atoms with Gasteiger partial charge in [-0.25, -0.2) is 14.4 Å². The summed E-state index contributed by atoms with van der Waals surface area (Å²) in [5.74, 6) is -0.340. The van der Waals surface area contributed by atoms with E-state index in [-0.39, 0.29) is 23.7 Å². The Bertz CT molecular complexity index is 763. The molecular formula is C15H16FN5O. The highest BCUT2D eigenvalue weighted by atomic mass is 19.1. The minimum atomic E-state index is -0.392. The number of aromatic nitrogens is 2. The number of hydrogen-bond donors (Lipinski definition) is 1. The highest BCUT2D eigenvalue weighted by Gasteiger charge is 2.25. The summed E-state index contributed by atoms with van der Waals surface area (Å²) in [6.07, 6.45) is 0.0481. The number of hydrogen-bond acceptors (Lipinski definition) is 6. The average Bonchev–Trinajstić information content (AvgIpc) is 2.45. The standard InChI is InChI=1S/C15H16FN5O/c1-8-6-21(7-9(2)22-8)14-4-12-11(3-10(14)16)19-13(5-17)15(18)20-12/h3-4,8-9H,6-7H2,1-2H3,(H2,18,20). The molecule has 1 aromatic heterocycles. The molecule has 1 aromatic carbocycles. The Balaban J connectivity index is 2.07. The number of fused-ring (bicyclic) bond motifs is 1. The Morgan fingerprint density at radius 3 is 2.55 bits per heavy atom. The molecule has 0 bridgehead atoms. The number of nitrogens with zero attached hydrogens (tertiary/aromatic N) is 4. The molecule has 3 rings (SSSR count). The van der Waals surface area contributed by atoms with Crippen LogP contribution in [-0.2, 0) is 4.74 Å². The van der Waals surface area contributed by atoms with Crippen molar-refractivity contribution in [1.29, 1.82) is 5.26 Å². The van der Waals surface area contributed by atoms with Gasteiger partial charge in [-0.15, -0.1) is 0 Å². The van der Waals surface area contributed by atoms with Gasteiger partial charge in [0.05, 0.1) is 28.9 Å². The van der Waals surface area contributed by atoms with Gasteiger partial charge in [-0.1, -0.05) is 0 Å². The molecule has 0 saturated carbocycles. The van der Waals surface area contributed by atoms with Gasteiger partial charge in [0.25, 0.3) is 0 Å². The third-order valence-electron chi connectivity index (χ3n) is 3.63. The van der Waals surface area contributed by atoms with Gasteiger partial charge >= 0.3 is 0 Å². The second kappa shape index (κ2) is 5.39. The van der Waals surface area contributed by atoms with Crippen molar-refractivity contribution in [2.24, 2.45) is 0 Å². The molecule has 0 spiro atoms. The molecule has 1 fully saturated rings. The van der Waals surface area contributed by atoms with Gasteiger partial charge in [-0.2, -0.15) is 5.26 Å². The molecule has 0 aliphatic carbocycles. The molecule has 2 N–H and O–H groups in total. The van der Waals surface area contributed by atoms with Crippen molar-refractivity contribution in [3.8, 4) is 6.07 Å². The van der Waals surface area contributed by atoms with Crippen LogP contribution < -0.4 is 10.6 Å². The van der Waals surface area contributed by atoms with E-state index in [1.54, 1.807) is 6.07 Å². The van der Waals surface area contributed by atoms with Crippen molar-refractivity contribution in [3.63, 3.8) is 0 Å². The van der Waals surface area contributed by atoms with E-state index < -0.39 is 5.82 Å². The summed E-state index contributed by atoms with van der Waals surface area (Å²) in [5, 5.41) is 8.92. The molecule has 22 heavy (non-hydrogen) atoms. The van der Waals surface area contributed by atoms with Crippen LogP contribution in [0.25, 0.3) is 11.0 Å². The van der Waals surface area contributed by atoms with Crippen LogP contribution in [0.1, 0.15) is 19.5 Å². The number of benzene rings is 1. The topological polar surface area (TPSA) is 88.1 Å². The van der Waals surface area contributed by atoms with Crippen LogP contribution in [0.15, 0.2) is 12.1 Å². The van der Waals surface area contributed by atoms with Crippen molar-refractivity contribution >= 4 is 22.5 Å². The van der Waals surface area contributed by atoms with Gasteiger partial charge in [-0.05, 0) is 19.9 Å². The monoisotopic (exact) mass is 301 g/mol. The van der Waals surface area contributed by atoms with Crippen molar-refractivity contribution in [2.45, 2.75) is 26.1 Å². The Kier molecular flexibility index (Phi) is 3.54. The zero-order chi connectivity index (χ0) is 15.9. The third-order valence-corrected chi connectivity index (χ3v) is 3.63. The Morgan fingerprint density at radius 2 is 1.91 bits per heavy atom. The summed E-state index contributed by atoms with van der Waals surface area (Å²) >= 11 is 0. The lowest BCUT2D eigenvalue weighted by Crippen LogP contribution is -2.45. The largest absolute Gasteiger partial charge is 0.381 e. The zero-order valence-electron chi connectivity index (χ0n) is 12.4. The Hall–Kier alpha value is -2.46. The molecule has 7 heteroatoms. The molecule has 2 heterocycles. The quantitative estimate of drug-likeness (QED) is 0.864. The molecule has 0 radical (unpaired) electrons. The lowest BCUT2D eigenvalue weighted by Gasteiger charge is -2.37. The Morgan fingerprint density at radius 1 is 1.27 bits per heavy atom. The van der Waals surface area contributed by atoms with Crippen LogP contribution in [0.3, 0.4) is 0 Å². The number of morpholine rings is 1. The Labute approximate surface area is 127 Å². The molecule has 0 amide bonds. The normalized spacial score (nSPS) is 21.8. The third kappa shape index (κ3) is 2.53. The summed E-state index contributed by atoms with van der Waals surface area (Å²) in [7, 11) is 0. The fourth-order valence-electron chi connectivity index (χ4n) is 2.78. The van der Waals surface area contributed by atoms with E-state index in [9.17, 15) is 4.39 Å². The molecule has 1 aliphatic heterocycles. The van der Waals surface area contributed by atoms with E-state index in [4.69, 9.17) is 15.7 Å². The molecular weight excluding hydrogens is 285 g/mol. The lowest BCUT2D eigenvalue weighted by atomic mass is 10.1. The van der Waals surface area contributed by atoms with Crippen LogP contribution in [0.5, 0.6) is 0 Å². The first-order valence-corrected chi connectivity index (χ1v) is 7.05.